The van der Waals surface area contributed by atoms with E-state index in [9.17, 15) is 4.79 Å². The van der Waals surface area contributed by atoms with Crippen molar-refractivity contribution >= 4 is 36.5 Å². The van der Waals surface area contributed by atoms with E-state index < -0.39 is 0 Å². The monoisotopic (exact) mass is 402 g/mol. The summed E-state index contributed by atoms with van der Waals surface area (Å²) in [5.41, 5.74) is 1.36. The summed E-state index contributed by atoms with van der Waals surface area (Å²) in [5.74, 6) is 1.43. The molecule has 3 heterocycles. The molecule has 1 unspecified atom stereocenters. The van der Waals surface area contributed by atoms with Gasteiger partial charge in [-0.2, -0.15) is 0 Å². The zero-order valence-electron chi connectivity index (χ0n) is 14.9. The lowest BCUT2D eigenvalue weighted by atomic mass is 9.92. The van der Waals surface area contributed by atoms with Crippen LogP contribution in [0.3, 0.4) is 0 Å². The Labute approximate surface area is 167 Å². The Bertz CT molecular complexity index is 587. The quantitative estimate of drug-likeness (QED) is 0.802. The van der Waals surface area contributed by atoms with Crippen LogP contribution < -0.4 is 15.5 Å². The first-order chi connectivity index (χ1) is 11.8. The van der Waals surface area contributed by atoms with E-state index in [0.717, 1.165) is 70.0 Å². The molecule has 4 rings (SSSR count). The van der Waals surface area contributed by atoms with Gasteiger partial charge in [0.2, 0.25) is 5.91 Å². The maximum Gasteiger partial charge on any atom is 0.223 e. The zero-order valence-corrected chi connectivity index (χ0v) is 16.5. The van der Waals surface area contributed by atoms with E-state index >= 15 is 0 Å². The minimum atomic E-state index is 0. The van der Waals surface area contributed by atoms with Crippen molar-refractivity contribution in [3.05, 3.63) is 23.9 Å². The summed E-state index contributed by atoms with van der Waals surface area (Å²) in [6.07, 6.45) is 5.22. The van der Waals surface area contributed by atoms with Gasteiger partial charge in [-0.15, -0.1) is 24.8 Å². The molecule has 3 aliphatic rings. The highest BCUT2D eigenvalue weighted by Crippen LogP contribution is 2.58. The summed E-state index contributed by atoms with van der Waals surface area (Å²) in [7, 11) is 0. The number of hydrogen-bond acceptors (Lipinski definition) is 5. The number of anilines is 1. The van der Waals surface area contributed by atoms with E-state index in [1.54, 1.807) is 0 Å². The van der Waals surface area contributed by atoms with Crippen molar-refractivity contribution in [2.45, 2.75) is 25.8 Å². The number of piperidine rings is 1. The Kier molecular flexibility index (Phi) is 7.52. The first-order valence-corrected chi connectivity index (χ1v) is 9.03. The minimum Gasteiger partial charge on any atom is -0.378 e. The van der Waals surface area contributed by atoms with Gasteiger partial charge in [-0.25, -0.2) is 4.98 Å². The maximum absolute atomic E-state index is 12.4. The Morgan fingerprint density at radius 2 is 2.00 bits per heavy atom. The van der Waals surface area contributed by atoms with Gasteiger partial charge < -0.3 is 20.3 Å². The zero-order chi connectivity index (χ0) is 16.4. The van der Waals surface area contributed by atoms with Crippen molar-refractivity contribution in [3.63, 3.8) is 0 Å². The number of amides is 1. The normalized spacial score (nSPS) is 23.5. The summed E-state index contributed by atoms with van der Waals surface area (Å²) in [4.78, 5) is 19.2. The molecule has 1 amide bonds. The molecule has 0 radical (unpaired) electrons. The summed E-state index contributed by atoms with van der Waals surface area (Å²) in [6.45, 7) is 5.98. The summed E-state index contributed by atoms with van der Waals surface area (Å²) in [6, 6.07) is 4.10. The van der Waals surface area contributed by atoms with Crippen LogP contribution in [0, 0.1) is 11.3 Å². The predicted molar refractivity (Wildman–Crippen MR) is 106 cm³/mol. The number of nitrogens with one attached hydrogen (secondary N) is 2. The number of rotatable bonds is 4. The third kappa shape index (κ3) is 4.60. The molecule has 1 atom stereocenters. The van der Waals surface area contributed by atoms with Gasteiger partial charge in [0.25, 0.3) is 0 Å². The van der Waals surface area contributed by atoms with Crippen LogP contribution in [0.1, 0.15) is 24.8 Å². The Morgan fingerprint density at radius 3 is 2.65 bits per heavy atom. The van der Waals surface area contributed by atoms with Gasteiger partial charge in [0, 0.05) is 31.7 Å². The Hall–Kier alpha value is -1.08. The van der Waals surface area contributed by atoms with Crippen molar-refractivity contribution in [1.29, 1.82) is 0 Å². The lowest BCUT2D eigenvalue weighted by Crippen LogP contribution is -2.36. The van der Waals surface area contributed by atoms with Gasteiger partial charge in [-0.05, 0) is 49.4 Å². The Balaban J connectivity index is 0.00000121. The van der Waals surface area contributed by atoms with E-state index in [0.29, 0.717) is 12.0 Å². The second-order valence-corrected chi connectivity index (χ2v) is 7.21. The lowest BCUT2D eigenvalue weighted by molar-refractivity contribution is -0.123. The fourth-order valence-electron chi connectivity index (χ4n) is 4.01. The number of nitrogens with zero attached hydrogens (tertiary/aromatic N) is 2. The number of pyridine rings is 1. The molecule has 0 aromatic carbocycles. The largest absolute Gasteiger partial charge is 0.378 e. The third-order valence-electron chi connectivity index (χ3n) is 5.72. The van der Waals surface area contributed by atoms with Gasteiger partial charge >= 0.3 is 0 Å². The van der Waals surface area contributed by atoms with Crippen molar-refractivity contribution < 1.29 is 9.53 Å². The minimum absolute atomic E-state index is 0. The molecule has 1 spiro atoms. The van der Waals surface area contributed by atoms with Crippen molar-refractivity contribution in [1.82, 2.24) is 15.6 Å². The van der Waals surface area contributed by atoms with E-state index in [4.69, 9.17) is 4.74 Å². The molecule has 1 aromatic heterocycles. The highest BCUT2D eigenvalue weighted by molar-refractivity contribution is 5.85. The topological polar surface area (TPSA) is 66.5 Å². The number of carbonyl (C=O) groups is 1. The molecule has 6 nitrogen and oxygen atoms in total. The summed E-state index contributed by atoms with van der Waals surface area (Å²) < 4.78 is 5.36. The van der Waals surface area contributed by atoms with E-state index in [-0.39, 0.29) is 36.6 Å². The van der Waals surface area contributed by atoms with E-state index in [1.807, 2.05) is 12.3 Å². The Morgan fingerprint density at radius 1 is 1.27 bits per heavy atom. The van der Waals surface area contributed by atoms with Crippen molar-refractivity contribution in [2.75, 3.05) is 44.3 Å². The van der Waals surface area contributed by atoms with Crippen LogP contribution in [0.2, 0.25) is 0 Å². The first kappa shape index (κ1) is 21.2. The average Bonchev–Trinajstić information content (AvgIpc) is 3.34. The number of morpholine rings is 1. The van der Waals surface area contributed by atoms with Crippen LogP contribution in [0.4, 0.5) is 5.82 Å². The van der Waals surface area contributed by atoms with Crippen LogP contribution in [-0.4, -0.2) is 50.3 Å². The maximum atomic E-state index is 12.4. The van der Waals surface area contributed by atoms with Crippen LogP contribution in [0.5, 0.6) is 0 Å². The molecule has 146 valence electrons. The molecule has 8 heteroatoms. The third-order valence-corrected chi connectivity index (χ3v) is 5.72. The van der Waals surface area contributed by atoms with Crippen LogP contribution in [0.15, 0.2) is 18.3 Å². The van der Waals surface area contributed by atoms with Crippen LogP contribution in [-0.2, 0) is 16.1 Å². The first-order valence-electron chi connectivity index (χ1n) is 9.03. The number of ether oxygens (including phenoxy) is 1. The van der Waals surface area contributed by atoms with Gasteiger partial charge in [0.05, 0.1) is 13.2 Å². The highest BCUT2D eigenvalue weighted by Gasteiger charge is 2.57. The molecule has 2 saturated heterocycles. The molecule has 26 heavy (non-hydrogen) atoms. The predicted octanol–water partition coefficient (Wildman–Crippen LogP) is 1.77. The number of carbonyl (C=O) groups excluding carboxylic acids is 1. The van der Waals surface area contributed by atoms with Crippen molar-refractivity contribution in [2.24, 2.45) is 11.3 Å². The second kappa shape index (κ2) is 9.22. The van der Waals surface area contributed by atoms with E-state index in [2.05, 4.69) is 26.6 Å². The van der Waals surface area contributed by atoms with Gasteiger partial charge in [0.15, 0.2) is 0 Å². The molecule has 0 bridgehead atoms. The summed E-state index contributed by atoms with van der Waals surface area (Å²) in [5, 5.41) is 6.48. The number of aromatic nitrogens is 1. The highest BCUT2D eigenvalue weighted by atomic mass is 35.5. The fraction of sp³-hybridized carbons (Fsp3) is 0.667. The number of halogens is 2. The smallest absolute Gasteiger partial charge is 0.223 e. The SMILES string of the molecule is Cl.Cl.O=C(NCc1ccc(N2CCOCC2)nc1)C1CC12CCNCC2. The van der Waals surface area contributed by atoms with Gasteiger partial charge in [-0.1, -0.05) is 6.07 Å². The molecule has 2 N–H and O–H groups in total. The number of hydrogen-bond donors (Lipinski definition) is 2. The second-order valence-electron chi connectivity index (χ2n) is 7.21. The lowest BCUT2D eigenvalue weighted by Gasteiger charge is -2.27. The van der Waals surface area contributed by atoms with Crippen LogP contribution in [0.25, 0.3) is 0 Å². The fourth-order valence-corrected chi connectivity index (χ4v) is 4.01. The molecule has 3 fully saturated rings. The molecule has 2 aliphatic heterocycles. The molecular weight excluding hydrogens is 375 g/mol. The molecular formula is C18H28Cl2N4O2. The average molecular weight is 403 g/mol. The molecule has 1 aliphatic carbocycles. The standard InChI is InChI=1S/C18H26N4O2.2ClH/c23-17(15-11-18(15)3-5-19-6-4-18)21-13-14-1-2-16(20-12-14)22-7-9-24-10-8-22;;/h1-2,12,15,19H,3-11,13H2,(H,21,23);2*1H. The van der Waals surface area contributed by atoms with Gasteiger partial charge in [-0.3, -0.25) is 4.79 Å². The van der Waals surface area contributed by atoms with Gasteiger partial charge in [0.1, 0.15) is 5.82 Å². The molecule has 1 saturated carbocycles. The van der Waals surface area contributed by atoms with Crippen LogP contribution >= 0.6 is 24.8 Å². The van der Waals surface area contributed by atoms with E-state index in [1.165, 1.54) is 0 Å². The van der Waals surface area contributed by atoms with Crippen molar-refractivity contribution in [3.8, 4) is 0 Å². The molecule has 1 aromatic rings. The summed E-state index contributed by atoms with van der Waals surface area (Å²) >= 11 is 0.